The summed E-state index contributed by atoms with van der Waals surface area (Å²) in [6.07, 6.45) is 6.80. The molecule has 1 aromatic carbocycles. The number of nitrogens with two attached hydrogens (primary N) is 1. The number of benzene rings is 1. The maximum absolute atomic E-state index is 6.38. The van der Waals surface area contributed by atoms with Gasteiger partial charge in [-0.1, -0.05) is 30.9 Å². The lowest BCUT2D eigenvalue weighted by atomic mass is 9.83. The summed E-state index contributed by atoms with van der Waals surface area (Å²) in [7, 11) is 0. The second-order valence-electron chi connectivity index (χ2n) is 6.07. The van der Waals surface area contributed by atoms with Crippen LogP contribution in [0.5, 0.6) is 5.75 Å². The first-order valence-electron chi connectivity index (χ1n) is 7.47. The average Bonchev–Trinajstić information content (AvgIpc) is 2.87. The fourth-order valence-corrected chi connectivity index (χ4v) is 3.48. The van der Waals surface area contributed by atoms with Gasteiger partial charge in [0, 0.05) is 22.5 Å². The van der Waals surface area contributed by atoms with Crippen LogP contribution in [0.1, 0.15) is 43.2 Å². The van der Waals surface area contributed by atoms with Gasteiger partial charge in [0.15, 0.2) is 0 Å². The van der Waals surface area contributed by atoms with Crippen LogP contribution in [0.25, 0.3) is 0 Å². The molecule has 0 bridgehead atoms. The average molecular weight is 296 g/mol. The van der Waals surface area contributed by atoms with Crippen LogP contribution in [0.4, 0.5) is 0 Å². The van der Waals surface area contributed by atoms with E-state index < -0.39 is 0 Å². The number of rotatable bonds is 4. The number of hydrogen-bond donors (Lipinski definition) is 1. The first kappa shape index (κ1) is 14.2. The van der Waals surface area contributed by atoms with Crippen LogP contribution in [0.15, 0.2) is 12.1 Å². The summed E-state index contributed by atoms with van der Waals surface area (Å²) < 4.78 is 11.6. The molecule has 0 atom stereocenters. The van der Waals surface area contributed by atoms with Crippen LogP contribution in [-0.4, -0.2) is 18.8 Å². The zero-order chi connectivity index (χ0) is 14.0. The molecule has 2 N–H and O–H groups in total. The Morgan fingerprint density at radius 1 is 1.25 bits per heavy atom. The Labute approximate surface area is 125 Å². The lowest BCUT2D eigenvalue weighted by molar-refractivity contribution is 0.0564. The topological polar surface area (TPSA) is 44.5 Å². The van der Waals surface area contributed by atoms with Crippen LogP contribution in [-0.2, 0) is 17.8 Å². The molecule has 0 saturated heterocycles. The quantitative estimate of drug-likeness (QED) is 0.925. The summed E-state index contributed by atoms with van der Waals surface area (Å²) >= 11 is 6.15. The highest BCUT2D eigenvalue weighted by Gasteiger charge is 2.28. The zero-order valence-corrected chi connectivity index (χ0v) is 12.5. The summed E-state index contributed by atoms with van der Waals surface area (Å²) in [5.41, 5.74) is 8.48. The number of hydrogen-bond acceptors (Lipinski definition) is 3. The molecule has 3 rings (SSSR count). The van der Waals surface area contributed by atoms with Gasteiger partial charge in [0.1, 0.15) is 5.75 Å². The molecule has 2 aliphatic rings. The van der Waals surface area contributed by atoms with Crippen molar-refractivity contribution in [3.63, 3.8) is 0 Å². The SMILES string of the molecule is NC1(COCc2cc(Cl)cc3c2OCC3)CCCCC1. The molecule has 110 valence electrons. The van der Waals surface area contributed by atoms with Crippen molar-refractivity contribution in [3.05, 3.63) is 28.3 Å². The van der Waals surface area contributed by atoms with Crippen molar-refractivity contribution < 1.29 is 9.47 Å². The molecule has 0 amide bonds. The molecule has 4 heteroatoms. The van der Waals surface area contributed by atoms with Crippen molar-refractivity contribution in [3.8, 4) is 5.75 Å². The van der Waals surface area contributed by atoms with Crippen molar-refractivity contribution in [1.82, 2.24) is 0 Å². The Balaban J connectivity index is 1.61. The van der Waals surface area contributed by atoms with E-state index in [1.54, 1.807) is 0 Å². The van der Waals surface area contributed by atoms with Crippen molar-refractivity contribution >= 4 is 11.6 Å². The Morgan fingerprint density at radius 2 is 2.05 bits per heavy atom. The first-order valence-corrected chi connectivity index (χ1v) is 7.85. The summed E-state index contributed by atoms with van der Waals surface area (Å²) in [5.74, 6) is 0.962. The third kappa shape index (κ3) is 3.11. The van der Waals surface area contributed by atoms with E-state index in [9.17, 15) is 0 Å². The van der Waals surface area contributed by atoms with E-state index in [1.165, 1.54) is 24.8 Å². The third-order valence-corrected chi connectivity index (χ3v) is 4.54. The lowest BCUT2D eigenvalue weighted by Gasteiger charge is -2.33. The number of fused-ring (bicyclic) bond motifs is 1. The molecule has 0 aromatic heterocycles. The van der Waals surface area contributed by atoms with Crippen molar-refractivity contribution in [2.75, 3.05) is 13.2 Å². The summed E-state index contributed by atoms with van der Waals surface area (Å²) in [4.78, 5) is 0. The van der Waals surface area contributed by atoms with Gasteiger partial charge in [-0.05, 0) is 30.5 Å². The van der Waals surface area contributed by atoms with Crippen molar-refractivity contribution in [1.29, 1.82) is 0 Å². The monoisotopic (exact) mass is 295 g/mol. The van der Waals surface area contributed by atoms with E-state index >= 15 is 0 Å². The third-order valence-electron chi connectivity index (χ3n) is 4.32. The molecule has 1 aliphatic carbocycles. The fraction of sp³-hybridized carbons (Fsp3) is 0.625. The minimum Gasteiger partial charge on any atom is -0.493 e. The molecule has 1 aromatic rings. The molecule has 1 saturated carbocycles. The fourth-order valence-electron chi connectivity index (χ4n) is 3.22. The van der Waals surface area contributed by atoms with E-state index in [0.717, 1.165) is 42.2 Å². The maximum Gasteiger partial charge on any atom is 0.128 e. The van der Waals surface area contributed by atoms with Gasteiger partial charge in [0.25, 0.3) is 0 Å². The van der Waals surface area contributed by atoms with E-state index in [-0.39, 0.29) is 5.54 Å². The minimum atomic E-state index is -0.138. The van der Waals surface area contributed by atoms with Gasteiger partial charge in [0.2, 0.25) is 0 Å². The highest BCUT2D eigenvalue weighted by atomic mass is 35.5. The Kier molecular flexibility index (Phi) is 4.20. The Hall–Kier alpha value is -0.770. The van der Waals surface area contributed by atoms with Crippen molar-refractivity contribution in [2.24, 2.45) is 5.73 Å². The van der Waals surface area contributed by atoms with Gasteiger partial charge in [0.05, 0.1) is 19.8 Å². The van der Waals surface area contributed by atoms with Gasteiger partial charge in [-0.25, -0.2) is 0 Å². The predicted molar refractivity (Wildman–Crippen MR) is 80.3 cm³/mol. The van der Waals surface area contributed by atoms with E-state index in [2.05, 4.69) is 0 Å². The highest BCUT2D eigenvalue weighted by molar-refractivity contribution is 6.30. The summed E-state index contributed by atoms with van der Waals surface area (Å²) in [5, 5.41) is 0.757. The van der Waals surface area contributed by atoms with E-state index in [1.807, 2.05) is 12.1 Å². The molecular weight excluding hydrogens is 274 g/mol. The summed E-state index contributed by atoms with van der Waals surface area (Å²) in [6, 6.07) is 3.93. The zero-order valence-electron chi connectivity index (χ0n) is 11.8. The molecule has 0 spiro atoms. The van der Waals surface area contributed by atoms with Crippen LogP contribution in [0.2, 0.25) is 5.02 Å². The van der Waals surface area contributed by atoms with Crippen LogP contribution in [0, 0.1) is 0 Å². The Morgan fingerprint density at radius 3 is 2.85 bits per heavy atom. The van der Waals surface area contributed by atoms with Gasteiger partial charge in [-0.3, -0.25) is 0 Å². The van der Waals surface area contributed by atoms with E-state index in [0.29, 0.717) is 13.2 Å². The second kappa shape index (κ2) is 5.92. The largest absolute Gasteiger partial charge is 0.493 e. The van der Waals surface area contributed by atoms with Gasteiger partial charge < -0.3 is 15.2 Å². The van der Waals surface area contributed by atoms with Gasteiger partial charge in [-0.2, -0.15) is 0 Å². The normalized spacial score (nSPS) is 20.5. The Bertz CT molecular complexity index is 484. The maximum atomic E-state index is 6.38. The lowest BCUT2D eigenvalue weighted by Crippen LogP contribution is -2.46. The highest BCUT2D eigenvalue weighted by Crippen LogP contribution is 2.33. The van der Waals surface area contributed by atoms with E-state index in [4.69, 9.17) is 26.8 Å². The van der Waals surface area contributed by atoms with Gasteiger partial charge in [-0.15, -0.1) is 0 Å². The van der Waals surface area contributed by atoms with Crippen LogP contribution >= 0.6 is 11.6 Å². The molecule has 0 unspecified atom stereocenters. The molecular formula is C16H22ClNO2. The molecule has 0 radical (unpaired) electrons. The first-order chi connectivity index (χ1) is 9.66. The molecule has 20 heavy (non-hydrogen) atoms. The minimum absolute atomic E-state index is 0.138. The van der Waals surface area contributed by atoms with Crippen LogP contribution < -0.4 is 10.5 Å². The number of ether oxygens (including phenoxy) is 2. The summed E-state index contributed by atoms with van der Waals surface area (Å²) in [6.45, 7) is 1.89. The standard InChI is InChI=1S/C16H22ClNO2/c17-14-8-12-4-7-20-15(12)13(9-14)10-19-11-16(18)5-2-1-3-6-16/h8-9H,1-7,10-11,18H2. The molecule has 1 fully saturated rings. The molecule has 1 heterocycles. The smallest absolute Gasteiger partial charge is 0.128 e. The van der Waals surface area contributed by atoms with Gasteiger partial charge >= 0.3 is 0 Å². The second-order valence-corrected chi connectivity index (χ2v) is 6.50. The van der Waals surface area contributed by atoms with Crippen LogP contribution in [0.3, 0.4) is 0 Å². The number of halogens is 1. The predicted octanol–water partition coefficient (Wildman–Crippen LogP) is 3.45. The molecule has 3 nitrogen and oxygen atoms in total. The molecule has 1 aliphatic heterocycles. The van der Waals surface area contributed by atoms with Crippen molar-refractivity contribution in [2.45, 2.75) is 50.7 Å².